The number of imide groups is 1. The van der Waals surface area contributed by atoms with Gasteiger partial charge in [-0.3, -0.25) is 14.5 Å². The van der Waals surface area contributed by atoms with Crippen molar-refractivity contribution in [2.45, 2.75) is 20.4 Å². The van der Waals surface area contributed by atoms with E-state index >= 15 is 0 Å². The summed E-state index contributed by atoms with van der Waals surface area (Å²) in [5.74, 6) is -0.769. The van der Waals surface area contributed by atoms with Crippen molar-refractivity contribution in [1.82, 2.24) is 4.90 Å². The van der Waals surface area contributed by atoms with Crippen molar-refractivity contribution in [3.8, 4) is 0 Å². The third-order valence-corrected chi connectivity index (χ3v) is 5.85. The van der Waals surface area contributed by atoms with Crippen LogP contribution in [0.15, 0.2) is 72.4 Å². The highest BCUT2D eigenvalue weighted by atomic mass is 35.5. The maximum atomic E-state index is 13.4. The van der Waals surface area contributed by atoms with Crippen molar-refractivity contribution >= 4 is 46.3 Å². The van der Waals surface area contributed by atoms with Gasteiger partial charge in [0.1, 0.15) is 5.70 Å². The lowest BCUT2D eigenvalue weighted by molar-refractivity contribution is -0.137. The zero-order valence-electron chi connectivity index (χ0n) is 17.1. The van der Waals surface area contributed by atoms with Crippen molar-refractivity contribution in [1.29, 1.82) is 0 Å². The Kier molecular flexibility index (Phi) is 5.86. The molecule has 6 heteroatoms. The lowest BCUT2D eigenvalue weighted by Gasteiger charge is -2.16. The minimum absolute atomic E-state index is 0.0898. The van der Waals surface area contributed by atoms with Crippen LogP contribution in [0.25, 0.3) is 5.57 Å². The molecule has 0 aliphatic carbocycles. The van der Waals surface area contributed by atoms with E-state index in [0.29, 0.717) is 26.7 Å². The van der Waals surface area contributed by atoms with Gasteiger partial charge in [-0.15, -0.1) is 0 Å². The average Bonchev–Trinajstić information content (AvgIpc) is 2.96. The van der Waals surface area contributed by atoms with E-state index < -0.39 is 5.91 Å². The molecular formula is C25H20Cl2N2O2. The summed E-state index contributed by atoms with van der Waals surface area (Å²) in [6.07, 6.45) is 0. The van der Waals surface area contributed by atoms with Crippen LogP contribution in [-0.2, 0) is 16.1 Å². The molecule has 1 N–H and O–H groups in total. The van der Waals surface area contributed by atoms with Gasteiger partial charge < -0.3 is 5.32 Å². The van der Waals surface area contributed by atoms with Crippen LogP contribution >= 0.6 is 23.2 Å². The number of anilines is 1. The van der Waals surface area contributed by atoms with E-state index in [0.717, 1.165) is 16.8 Å². The zero-order chi connectivity index (χ0) is 22.1. The molecule has 0 fully saturated rings. The number of hydrogen-bond donors (Lipinski definition) is 1. The Balaban J connectivity index is 1.77. The molecule has 0 radical (unpaired) electrons. The number of benzene rings is 3. The Bertz CT molecular complexity index is 1220. The molecule has 1 heterocycles. The number of halogens is 2. The molecule has 3 aromatic rings. The molecule has 0 saturated carbocycles. The van der Waals surface area contributed by atoms with E-state index in [1.807, 2.05) is 44.2 Å². The number of carbonyl (C=O) groups is 2. The fourth-order valence-corrected chi connectivity index (χ4v) is 3.93. The minimum Gasteiger partial charge on any atom is -0.350 e. The van der Waals surface area contributed by atoms with Gasteiger partial charge in [0.25, 0.3) is 11.8 Å². The Morgan fingerprint density at radius 3 is 2.26 bits per heavy atom. The second-order valence-corrected chi connectivity index (χ2v) is 8.33. The molecule has 1 aliphatic heterocycles. The van der Waals surface area contributed by atoms with E-state index in [1.165, 1.54) is 4.90 Å². The predicted octanol–water partition coefficient (Wildman–Crippen LogP) is 6.00. The van der Waals surface area contributed by atoms with Crippen LogP contribution in [0, 0.1) is 13.8 Å². The smallest absolute Gasteiger partial charge is 0.278 e. The molecule has 156 valence electrons. The SMILES string of the molecule is Cc1ccc(NC2=C(c3ccc(Cl)cc3)C(=O)N(Cc3ccccc3Cl)C2=O)c(C)c1. The second-order valence-electron chi connectivity index (χ2n) is 7.49. The highest BCUT2D eigenvalue weighted by Gasteiger charge is 2.39. The van der Waals surface area contributed by atoms with Crippen LogP contribution < -0.4 is 5.32 Å². The molecule has 0 atom stereocenters. The molecule has 2 amide bonds. The molecule has 0 aromatic heterocycles. The number of rotatable bonds is 5. The number of nitrogens with zero attached hydrogens (tertiary/aromatic N) is 1. The lowest BCUT2D eigenvalue weighted by Crippen LogP contribution is -2.32. The maximum absolute atomic E-state index is 13.4. The number of carbonyl (C=O) groups excluding carboxylic acids is 2. The van der Waals surface area contributed by atoms with Crippen LogP contribution in [0.1, 0.15) is 22.3 Å². The summed E-state index contributed by atoms with van der Waals surface area (Å²) < 4.78 is 0. The van der Waals surface area contributed by atoms with Gasteiger partial charge in [0.15, 0.2) is 0 Å². The highest BCUT2D eigenvalue weighted by molar-refractivity contribution is 6.37. The van der Waals surface area contributed by atoms with Gasteiger partial charge in [-0.2, -0.15) is 0 Å². The number of amides is 2. The van der Waals surface area contributed by atoms with Crippen LogP contribution in [0.5, 0.6) is 0 Å². The van der Waals surface area contributed by atoms with E-state index in [4.69, 9.17) is 23.2 Å². The number of hydrogen-bond acceptors (Lipinski definition) is 3. The largest absolute Gasteiger partial charge is 0.350 e. The third-order valence-electron chi connectivity index (χ3n) is 5.23. The maximum Gasteiger partial charge on any atom is 0.278 e. The average molecular weight is 451 g/mol. The number of nitrogens with one attached hydrogen (secondary N) is 1. The van der Waals surface area contributed by atoms with Gasteiger partial charge in [-0.25, -0.2) is 0 Å². The third kappa shape index (κ3) is 4.22. The summed E-state index contributed by atoms with van der Waals surface area (Å²) >= 11 is 12.3. The van der Waals surface area contributed by atoms with Gasteiger partial charge in [-0.05, 0) is 54.8 Å². The molecule has 4 rings (SSSR count). The fraction of sp³-hybridized carbons (Fsp3) is 0.120. The van der Waals surface area contributed by atoms with Gasteiger partial charge in [0, 0.05) is 15.7 Å². The lowest BCUT2D eigenvalue weighted by atomic mass is 10.0. The molecule has 1 aliphatic rings. The first-order valence-corrected chi connectivity index (χ1v) is 10.5. The Hall–Kier alpha value is -3.08. The second kappa shape index (κ2) is 8.58. The topological polar surface area (TPSA) is 49.4 Å². The van der Waals surface area contributed by atoms with E-state index in [1.54, 1.807) is 36.4 Å². The summed E-state index contributed by atoms with van der Waals surface area (Å²) in [4.78, 5) is 28.0. The Morgan fingerprint density at radius 2 is 1.58 bits per heavy atom. The first-order chi connectivity index (χ1) is 14.8. The van der Waals surface area contributed by atoms with Crippen molar-refractivity contribution in [3.63, 3.8) is 0 Å². The molecule has 0 spiro atoms. The molecular weight excluding hydrogens is 431 g/mol. The van der Waals surface area contributed by atoms with Crippen molar-refractivity contribution in [2.75, 3.05) is 5.32 Å². The summed E-state index contributed by atoms with van der Waals surface area (Å²) in [7, 11) is 0. The standard InChI is InChI=1S/C25H20Cl2N2O2/c1-15-7-12-21(16(2)13-15)28-23-22(17-8-10-19(26)11-9-17)24(30)29(25(23)31)14-18-5-3-4-6-20(18)27/h3-13,28H,14H2,1-2H3. The zero-order valence-corrected chi connectivity index (χ0v) is 18.6. The first kappa shape index (κ1) is 21.2. The monoisotopic (exact) mass is 450 g/mol. The van der Waals surface area contributed by atoms with Crippen LogP contribution in [0.3, 0.4) is 0 Å². The predicted molar refractivity (Wildman–Crippen MR) is 125 cm³/mol. The Labute approximate surface area is 191 Å². The summed E-state index contributed by atoms with van der Waals surface area (Å²) in [5.41, 5.74) is 4.75. The minimum atomic E-state index is -0.394. The van der Waals surface area contributed by atoms with Crippen molar-refractivity contribution in [2.24, 2.45) is 0 Å². The van der Waals surface area contributed by atoms with Gasteiger partial charge in [0.2, 0.25) is 0 Å². The number of aryl methyl sites for hydroxylation is 2. The first-order valence-electron chi connectivity index (χ1n) is 9.79. The van der Waals surface area contributed by atoms with E-state index in [2.05, 4.69) is 5.32 Å². The molecule has 31 heavy (non-hydrogen) atoms. The van der Waals surface area contributed by atoms with Gasteiger partial charge >= 0.3 is 0 Å². The van der Waals surface area contributed by atoms with Gasteiger partial charge in [-0.1, -0.05) is 71.2 Å². The van der Waals surface area contributed by atoms with Crippen molar-refractivity contribution < 1.29 is 9.59 Å². The highest BCUT2D eigenvalue weighted by Crippen LogP contribution is 2.33. The quantitative estimate of drug-likeness (QED) is 0.484. The van der Waals surface area contributed by atoms with Crippen molar-refractivity contribution in [3.05, 3.63) is 105 Å². The van der Waals surface area contributed by atoms with Gasteiger partial charge in [0.05, 0.1) is 12.1 Å². The summed E-state index contributed by atoms with van der Waals surface area (Å²) in [6.45, 7) is 4.05. The Morgan fingerprint density at radius 1 is 0.871 bits per heavy atom. The van der Waals surface area contributed by atoms with E-state index in [-0.39, 0.29) is 18.1 Å². The van der Waals surface area contributed by atoms with Crippen LogP contribution in [-0.4, -0.2) is 16.7 Å². The molecule has 4 nitrogen and oxygen atoms in total. The van der Waals surface area contributed by atoms with E-state index in [9.17, 15) is 9.59 Å². The summed E-state index contributed by atoms with van der Waals surface area (Å²) in [6, 6.07) is 20.0. The summed E-state index contributed by atoms with van der Waals surface area (Å²) in [5, 5.41) is 4.27. The molecule has 0 saturated heterocycles. The fourth-order valence-electron chi connectivity index (χ4n) is 3.61. The molecule has 0 bridgehead atoms. The van der Waals surface area contributed by atoms with Crippen LogP contribution in [0.4, 0.5) is 5.69 Å². The van der Waals surface area contributed by atoms with Crippen LogP contribution in [0.2, 0.25) is 10.0 Å². The normalized spacial score (nSPS) is 13.9. The molecule has 3 aromatic carbocycles. The molecule has 0 unspecified atom stereocenters.